The van der Waals surface area contributed by atoms with Crippen LogP contribution in [0.15, 0.2) is 24.3 Å². The molecule has 1 aromatic carbocycles. The quantitative estimate of drug-likeness (QED) is 0.846. The molecule has 5 nitrogen and oxygen atoms in total. The van der Waals surface area contributed by atoms with E-state index in [0.29, 0.717) is 6.54 Å². The van der Waals surface area contributed by atoms with Crippen LogP contribution >= 0.6 is 0 Å². The van der Waals surface area contributed by atoms with Gasteiger partial charge in [-0.25, -0.2) is 4.79 Å². The van der Waals surface area contributed by atoms with Crippen molar-refractivity contribution in [2.75, 3.05) is 33.4 Å². The number of amides is 2. The van der Waals surface area contributed by atoms with Gasteiger partial charge in [-0.15, -0.1) is 0 Å². The van der Waals surface area contributed by atoms with Crippen molar-refractivity contribution >= 4 is 6.03 Å². The Morgan fingerprint density at radius 3 is 2.74 bits per heavy atom. The van der Waals surface area contributed by atoms with E-state index in [-0.39, 0.29) is 18.1 Å². The van der Waals surface area contributed by atoms with Crippen LogP contribution in [0, 0.1) is 5.41 Å². The Bertz CT molecular complexity index is 505. The second-order valence-electron chi connectivity index (χ2n) is 6.33. The minimum absolute atomic E-state index is 0.00413. The third kappa shape index (κ3) is 4.61. The van der Waals surface area contributed by atoms with Crippen LogP contribution in [-0.4, -0.2) is 49.4 Å². The molecule has 128 valence electrons. The van der Waals surface area contributed by atoms with Gasteiger partial charge < -0.3 is 20.1 Å². The van der Waals surface area contributed by atoms with Crippen molar-refractivity contribution in [1.82, 2.24) is 10.2 Å². The lowest BCUT2D eigenvalue weighted by Gasteiger charge is -2.40. The molecule has 0 unspecified atom stereocenters. The van der Waals surface area contributed by atoms with Gasteiger partial charge in [0.1, 0.15) is 5.75 Å². The lowest BCUT2D eigenvalue weighted by atomic mass is 9.77. The summed E-state index contributed by atoms with van der Waals surface area (Å²) in [5, 5.41) is 12.5. The molecule has 1 heterocycles. The summed E-state index contributed by atoms with van der Waals surface area (Å²) < 4.78 is 5.20. The van der Waals surface area contributed by atoms with Gasteiger partial charge in [0.2, 0.25) is 0 Å². The number of nitrogens with zero attached hydrogens (tertiary/aromatic N) is 1. The van der Waals surface area contributed by atoms with Crippen LogP contribution in [0.4, 0.5) is 4.79 Å². The first-order valence-corrected chi connectivity index (χ1v) is 8.39. The van der Waals surface area contributed by atoms with Crippen molar-refractivity contribution in [3.8, 4) is 5.75 Å². The number of aliphatic hydroxyl groups is 1. The van der Waals surface area contributed by atoms with E-state index in [1.165, 1.54) is 0 Å². The summed E-state index contributed by atoms with van der Waals surface area (Å²) in [6.45, 7) is 4.38. The lowest BCUT2D eigenvalue weighted by molar-refractivity contribution is 0.0520. The van der Waals surface area contributed by atoms with Gasteiger partial charge in [0.05, 0.1) is 7.11 Å². The number of methoxy groups -OCH3 is 1. The molecule has 1 aliphatic rings. The number of carbonyl (C=O) groups excluding carboxylic acids is 1. The highest BCUT2D eigenvalue weighted by Gasteiger charge is 2.33. The van der Waals surface area contributed by atoms with E-state index in [1.54, 1.807) is 7.11 Å². The number of carbonyl (C=O) groups is 1. The maximum absolute atomic E-state index is 12.2. The number of nitrogens with one attached hydrogen (secondary N) is 1. The Labute approximate surface area is 138 Å². The number of rotatable bonds is 6. The van der Waals surface area contributed by atoms with Gasteiger partial charge >= 0.3 is 6.03 Å². The van der Waals surface area contributed by atoms with Gasteiger partial charge in [-0.05, 0) is 48.8 Å². The molecule has 1 saturated heterocycles. The van der Waals surface area contributed by atoms with Crippen LogP contribution in [0.3, 0.4) is 0 Å². The van der Waals surface area contributed by atoms with E-state index in [4.69, 9.17) is 4.74 Å². The molecular formula is C18H28N2O3. The third-order valence-corrected chi connectivity index (χ3v) is 5.02. The topological polar surface area (TPSA) is 61.8 Å². The highest BCUT2D eigenvalue weighted by atomic mass is 16.5. The van der Waals surface area contributed by atoms with E-state index in [9.17, 15) is 9.90 Å². The van der Waals surface area contributed by atoms with Crippen molar-refractivity contribution in [2.45, 2.75) is 32.6 Å². The molecular weight excluding hydrogens is 292 g/mol. The van der Waals surface area contributed by atoms with E-state index >= 15 is 0 Å². The molecule has 0 aliphatic carbocycles. The van der Waals surface area contributed by atoms with Gasteiger partial charge in [0.25, 0.3) is 0 Å². The number of hydrogen-bond donors (Lipinski definition) is 2. The summed E-state index contributed by atoms with van der Waals surface area (Å²) in [6.07, 6.45) is 3.51. The second-order valence-corrected chi connectivity index (χ2v) is 6.33. The Balaban J connectivity index is 1.75. The van der Waals surface area contributed by atoms with E-state index in [1.807, 2.05) is 29.2 Å². The summed E-state index contributed by atoms with van der Waals surface area (Å²) in [5.74, 6) is 0.838. The van der Waals surface area contributed by atoms with E-state index in [2.05, 4.69) is 12.2 Å². The molecule has 2 rings (SSSR count). The second kappa shape index (κ2) is 8.20. The number of piperidine rings is 1. The molecule has 0 saturated carbocycles. The molecule has 0 spiro atoms. The van der Waals surface area contributed by atoms with Crippen molar-refractivity contribution < 1.29 is 14.6 Å². The predicted molar refractivity (Wildman–Crippen MR) is 90.7 cm³/mol. The zero-order valence-electron chi connectivity index (χ0n) is 14.2. The average Bonchev–Trinajstić information content (AvgIpc) is 2.62. The molecule has 1 aromatic rings. The Kier molecular flexibility index (Phi) is 6.28. The smallest absolute Gasteiger partial charge is 0.317 e. The summed E-state index contributed by atoms with van der Waals surface area (Å²) in [7, 11) is 1.65. The van der Waals surface area contributed by atoms with Crippen LogP contribution in [0.2, 0.25) is 0 Å². The monoisotopic (exact) mass is 320 g/mol. The SMILES string of the molecule is CCC1(CO)CCN(C(=O)NCCc2cccc(OC)c2)CC1. The van der Waals surface area contributed by atoms with Gasteiger partial charge in [0, 0.05) is 26.2 Å². The Morgan fingerprint density at radius 1 is 1.39 bits per heavy atom. The van der Waals surface area contributed by atoms with E-state index < -0.39 is 0 Å². The summed E-state index contributed by atoms with van der Waals surface area (Å²) in [6, 6.07) is 7.89. The first-order valence-electron chi connectivity index (χ1n) is 8.39. The fraction of sp³-hybridized carbons (Fsp3) is 0.611. The van der Waals surface area contributed by atoms with Crippen LogP contribution in [0.25, 0.3) is 0 Å². The maximum Gasteiger partial charge on any atom is 0.317 e. The van der Waals surface area contributed by atoms with E-state index in [0.717, 1.165) is 50.1 Å². The molecule has 2 N–H and O–H groups in total. The van der Waals surface area contributed by atoms with Crippen LogP contribution in [-0.2, 0) is 6.42 Å². The minimum Gasteiger partial charge on any atom is -0.497 e. The Morgan fingerprint density at radius 2 is 2.13 bits per heavy atom. The molecule has 0 radical (unpaired) electrons. The normalized spacial score (nSPS) is 16.9. The third-order valence-electron chi connectivity index (χ3n) is 5.02. The largest absolute Gasteiger partial charge is 0.497 e. The number of hydrogen-bond acceptors (Lipinski definition) is 3. The number of urea groups is 1. The van der Waals surface area contributed by atoms with Crippen molar-refractivity contribution in [3.05, 3.63) is 29.8 Å². The zero-order chi connectivity index (χ0) is 16.7. The number of benzene rings is 1. The molecule has 0 aromatic heterocycles. The molecule has 2 amide bonds. The summed E-state index contributed by atoms with van der Waals surface area (Å²) in [4.78, 5) is 14.1. The van der Waals surface area contributed by atoms with Gasteiger partial charge in [-0.3, -0.25) is 0 Å². The molecule has 0 atom stereocenters. The number of aliphatic hydroxyl groups excluding tert-OH is 1. The molecule has 0 bridgehead atoms. The summed E-state index contributed by atoms with van der Waals surface area (Å²) in [5.41, 5.74) is 1.16. The van der Waals surface area contributed by atoms with Crippen LogP contribution in [0.5, 0.6) is 5.75 Å². The fourth-order valence-electron chi connectivity index (χ4n) is 3.06. The zero-order valence-corrected chi connectivity index (χ0v) is 14.2. The van der Waals surface area contributed by atoms with Gasteiger partial charge in [-0.1, -0.05) is 19.1 Å². The fourth-order valence-corrected chi connectivity index (χ4v) is 3.06. The van der Waals surface area contributed by atoms with Crippen LogP contribution < -0.4 is 10.1 Å². The minimum atomic E-state index is -0.00413. The highest BCUT2D eigenvalue weighted by molar-refractivity contribution is 5.74. The maximum atomic E-state index is 12.2. The van der Waals surface area contributed by atoms with Crippen molar-refractivity contribution in [3.63, 3.8) is 0 Å². The molecule has 1 fully saturated rings. The van der Waals surface area contributed by atoms with Crippen molar-refractivity contribution in [2.24, 2.45) is 5.41 Å². The lowest BCUT2D eigenvalue weighted by Crippen LogP contribution is -2.48. The Hall–Kier alpha value is -1.75. The molecule has 23 heavy (non-hydrogen) atoms. The standard InChI is InChI=1S/C18H28N2O3/c1-3-18(14-21)8-11-20(12-9-18)17(22)19-10-7-15-5-4-6-16(13-15)23-2/h4-6,13,21H,3,7-12,14H2,1-2H3,(H,19,22). The number of ether oxygens (including phenoxy) is 1. The van der Waals surface area contributed by atoms with Crippen LogP contribution in [0.1, 0.15) is 31.7 Å². The van der Waals surface area contributed by atoms with Crippen molar-refractivity contribution in [1.29, 1.82) is 0 Å². The first-order chi connectivity index (χ1) is 11.1. The van der Waals surface area contributed by atoms with Gasteiger partial charge in [-0.2, -0.15) is 0 Å². The summed E-state index contributed by atoms with van der Waals surface area (Å²) >= 11 is 0. The molecule has 1 aliphatic heterocycles. The van der Waals surface area contributed by atoms with Gasteiger partial charge in [0.15, 0.2) is 0 Å². The highest BCUT2D eigenvalue weighted by Crippen LogP contribution is 2.34. The first kappa shape index (κ1) is 17.6. The predicted octanol–water partition coefficient (Wildman–Crippen LogP) is 2.43. The number of likely N-dealkylation sites (tertiary alicyclic amines) is 1. The average molecular weight is 320 g/mol. The molecule has 5 heteroatoms.